The van der Waals surface area contributed by atoms with E-state index in [1.165, 1.54) is 0 Å². The van der Waals surface area contributed by atoms with Crippen molar-refractivity contribution < 1.29 is 19.4 Å². The van der Waals surface area contributed by atoms with E-state index in [9.17, 15) is 9.59 Å². The Kier molecular flexibility index (Phi) is 4.83. The number of benzene rings is 1. The molecule has 0 aromatic heterocycles. The Balaban J connectivity index is 1.94. The van der Waals surface area contributed by atoms with Gasteiger partial charge in [-0.1, -0.05) is 25.0 Å². The molecule has 1 atom stereocenters. The van der Waals surface area contributed by atoms with E-state index in [0.717, 1.165) is 29.7 Å². The Morgan fingerprint density at radius 2 is 2.14 bits per heavy atom. The summed E-state index contributed by atoms with van der Waals surface area (Å²) >= 11 is 0. The van der Waals surface area contributed by atoms with E-state index in [-0.39, 0.29) is 12.3 Å². The molecule has 0 saturated heterocycles. The zero-order valence-corrected chi connectivity index (χ0v) is 12.4. The number of aliphatic carboxylic acids is 1. The van der Waals surface area contributed by atoms with Gasteiger partial charge in [-0.15, -0.1) is 0 Å². The molecule has 1 aromatic rings. The number of ether oxygens (including phenoxy) is 1. The van der Waals surface area contributed by atoms with Crippen LogP contribution in [-0.4, -0.2) is 30.1 Å². The quantitative estimate of drug-likeness (QED) is 0.804. The Morgan fingerprint density at radius 3 is 2.71 bits per heavy atom. The van der Waals surface area contributed by atoms with E-state index in [1.54, 1.807) is 7.11 Å². The molecule has 1 aliphatic rings. The van der Waals surface area contributed by atoms with Crippen molar-refractivity contribution in [3.05, 3.63) is 29.3 Å². The van der Waals surface area contributed by atoms with E-state index in [0.29, 0.717) is 12.3 Å². The van der Waals surface area contributed by atoms with E-state index in [2.05, 4.69) is 5.32 Å². The molecule has 1 fully saturated rings. The van der Waals surface area contributed by atoms with Crippen LogP contribution in [0.25, 0.3) is 0 Å². The smallest absolute Gasteiger partial charge is 0.326 e. The SMILES string of the molecule is COc1cc(CC(=O)NC(CC2CC2)C(=O)O)ccc1C. The molecule has 1 saturated carbocycles. The molecular weight excluding hydrogens is 270 g/mol. The molecule has 0 aliphatic heterocycles. The molecular formula is C16H21NO4. The topological polar surface area (TPSA) is 75.6 Å². The van der Waals surface area contributed by atoms with Gasteiger partial charge in [-0.2, -0.15) is 0 Å². The number of methoxy groups -OCH3 is 1. The van der Waals surface area contributed by atoms with E-state index < -0.39 is 12.0 Å². The monoisotopic (exact) mass is 291 g/mol. The van der Waals surface area contributed by atoms with Crippen LogP contribution in [0, 0.1) is 12.8 Å². The maximum atomic E-state index is 12.0. The fraction of sp³-hybridized carbons (Fsp3) is 0.500. The van der Waals surface area contributed by atoms with Crippen molar-refractivity contribution in [1.82, 2.24) is 5.32 Å². The highest BCUT2D eigenvalue weighted by atomic mass is 16.5. The summed E-state index contributed by atoms with van der Waals surface area (Å²) in [4.78, 5) is 23.2. The molecule has 1 unspecified atom stereocenters. The van der Waals surface area contributed by atoms with Crippen LogP contribution in [-0.2, 0) is 16.0 Å². The van der Waals surface area contributed by atoms with Crippen molar-refractivity contribution >= 4 is 11.9 Å². The lowest BCUT2D eigenvalue weighted by molar-refractivity contribution is -0.142. The molecule has 1 amide bonds. The highest BCUT2D eigenvalue weighted by Crippen LogP contribution is 2.33. The zero-order chi connectivity index (χ0) is 15.4. The van der Waals surface area contributed by atoms with Crippen molar-refractivity contribution in [2.45, 2.75) is 38.6 Å². The number of carboxylic acids is 1. The summed E-state index contributed by atoms with van der Waals surface area (Å²) in [5.41, 5.74) is 1.81. The summed E-state index contributed by atoms with van der Waals surface area (Å²) in [6, 6.07) is 4.78. The second-order valence-corrected chi connectivity index (χ2v) is 5.62. The normalized spacial score (nSPS) is 15.3. The Hall–Kier alpha value is -2.04. The van der Waals surface area contributed by atoms with Gasteiger partial charge in [-0.25, -0.2) is 4.79 Å². The van der Waals surface area contributed by atoms with Crippen LogP contribution < -0.4 is 10.1 Å². The molecule has 21 heavy (non-hydrogen) atoms. The van der Waals surface area contributed by atoms with Gasteiger partial charge in [0, 0.05) is 0 Å². The molecule has 0 bridgehead atoms. The van der Waals surface area contributed by atoms with Crippen LogP contribution in [0.2, 0.25) is 0 Å². The van der Waals surface area contributed by atoms with Crippen LogP contribution >= 0.6 is 0 Å². The van der Waals surface area contributed by atoms with Gasteiger partial charge in [0.15, 0.2) is 0 Å². The number of carbonyl (C=O) groups is 2. The first-order valence-corrected chi connectivity index (χ1v) is 7.15. The number of carboxylic acid groups (broad SMARTS) is 1. The average Bonchev–Trinajstić information content (AvgIpc) is 3.24. The summed E-state index contributed by atoms with van der Waals surface area (Å²) < 4.78 is 5.22. The van der Waals surface area contributed by atoms with Crippen LogP contribution in [0.4, 0.5) is 0 Å². The number of aryl methyl sites for hydroxylation is 1. The lowest BCUT2D eigenvalue weighted by Crippen LogP contribution is -2.41. The number of hydrogen-bond donors (Lipinski definition) is 2. The second-order valence-electron chi connectivity index (χ2n) is 5.62. The van der Waals surface area contributed by atoms with Gasteiger partial charge in [0.05, 0.1) is 13.5 Å². The number of amides is 1. The number of hydrogen-bond acceptors (Lipinski definition) is 3. The number of carbonyl (C=O) groups excluding carboxylic acids is 1. The molecule has 1 aliphatic carbocycles. The first-order chi connectivity index (χ1) is 9.99. The number of nitrogens with one attached hydrogen (secondary N) is 1. The van der Waals surface area contributed by atoms with Gasteiger partial charge in [0.1, 0.15) is 11.8 Å². The summed E-state index contributed by atoms with van der Waals surface area (Å²) in [7, 11) is 1.59. The third-order valence-electron chi connectivity index (χ3n) is 3.74. The molecule has 0 radical (unpaired) electrons. The minimum absolute atomic E-state index is 0.158. The van der Waals surface area contributed by atoms with Crippen LogP contribution in [0.5, 0.6) is 5.75 Å². The Bertz CT molecular complexity index is 537. The van der Waals surface area contributed by atoms with Crippen molar-refractivity contribution in [2.24, 2.45) is 5.92 Å². The molecule has 2 N–H and O–H groups in total. The van der Waals surface area contributed by atoms with Gasteiger partial charge < -0.3 is 15.2 Å². The van der Waals surface area contributed by atoms with Crippen LogP contribution in [0.15, 0.2) is 18.2 Å². The second kappa shape index (κ2) is 6.61. The summed E-state index contributed by atoms with van der Waals surface area (Å²) in [6.45, 7) is 1.93. The van der Waals surface area contributed by atoms with Gasteiger partial charge in [0.25, 0.3) is 0 Å². The van der Waals surface area contributed by atoms with E-state index in [1.807, 2.05) is 25.1 Å². The highest BCUT2D eigenvalue weighted by Gasteiger charge is 2.30. The fourth-order valence-corrected chi connectivity index (χ4v) is 2.31. The van der Waals surface area contributed by atoms with Crippen molar-refractivity contribution in [2.75, 3.05) is 7.11 Å². The minimum Gasteiger partial charge on any atom is -0.496 e. The predicted molar refractivity (Wildman–Crippen MR) is 78.3 cm³/mol. The third-order valence-corrected chi connectivity index (χ3v) is 3.74. The fourth-order valence-electron chi connectivity index (χ4n) is 2.31. The molecule has 0 spiro atoms. The molecule has 1 aromatic carbocycles. The van der Waals surface area contributed by atoms with Crippen LogP contribution in [0.3, 0.4) is 0 Å². The molecule has 5 nitrogen and oxygen atoms in total. The first kappa shape index (κ1) is 15.4. The largest absolute Gasteiger partial charge is 0.496 e. The zero-order valence-electron chi connectivity index (χ0n) is 12.4. The van der Waals surface area contributed by atoms with Gasteiger partial charge in [0.2, 0.25) is 5.91 Å². The van der Waals surface area contributed by atoms with Crippen LogP contribution in [0.1, 0.15) is 30.4 Å². The predicted octanol–water partition coefficient (Wildman–Crippen LogP) is 1.92. The minimum atomic E-state index is -0.961. The Labute approximate surface area is 124 Å². The molecule has 0 heterocycles. The van der Waals surface area contributed by atoms with Gasteiger partial charge >= 0.3 is 5.97 Å². The lowest BCUT2D eigenvalue weighted by Gasteiger charge is -2.14. The first-order valence-electron chi connectivity index (χ1n) is 7.15. The average molecular weight is 291 g/mol. The lowest BCUT2D eigenvalue weighted by atomic mass is 10.1. The highest BCUT2D eigenvalue weighted by molar-refractivity contribution is 5.84. The van der Waals surface area contributed by atoms with E-state index >= 15 is 0 Å². The number of rotatable bonds is 7. The van der Waals surface area contributed by atoms with E-state index in [4.69, 9.17) is 9.84 Å². The maximum absolute atomic E-state index is 12.0. The van der Waals surface area contributed by atoms with Crippen molar-refractivity contribution in [3.63, 3.8) is 0 Å². The van der Waals surface area contributed by atoms with Crippen molar-refractivity contribution in [1.29, 1.82) is 0 Å². The van der Waals surface area contributed by atoms with Crippen molar-refractivity contribution in [3.8, 4) is 5.75 Å². The third kappa shape index (κ3) is 4.48. The molecule has 114 valence electrons. The summed E-state index contributed by atoms with van der Waals surface area (Å²) in [5, 5.41) is 11.8. The Morgan fingerprint density at radius 1 is 1.43 bits per heavy atom. The van der Waals surface area contributed by atoms with Gasteiger partial charge in [-0.05, 0) is 36.5 Å². The molecule has 5 heteroatoms. The summed E-state index contributed by atoms with van der Waals surface area (Å²) in [6.07, 6.45) is 2.81. The summed E-state index contributed by atoms with van der Waals surface area (Å²) in [5.74, 6) is -0.0513. The molecule has 2 rings (SSSR count). The van der Waals surface area contributed by atoms with Gasteiger partial charge in [-0.3, -0.25) is 4.79 Å². The maximum Gasteiger partial charge on any atom is 0.326 e. The standard InChI is InChI=1S/C16H21NO4/c1-10-3-4-12(8-14(10)21-2)9-15(18)17-13(16(19)20)7-11-5-6-11/h3-4,8,11,13H,5-7,9H2,1-2H3,(H,17,18)(H,19,20).